The molecular formula is C24H26N4O2. The van der Waals surface area contributed by atoms with Gasteiger partial charge in [0.05, 0.1) is 12.3 Å². The second kappa shape index (κ2) is 9.03. The minimum Gasteiger partial charge on any atom is -0.466 e. The van der Waals surface area contributed by atoms with Crippen LogP contribution in [-0.4, -0.2) is 27.5 Å². The van der Waals surface area contributed by atoms with E-state index in [4.69, 9.17) is 4.74 Å². The molecule has 1 aliphatic rings. The molecule has 2 aromatic heterocycles. The predicted octanol–water partition coefficient (Wildman–Crippen LogP) is 4.96. The van der Waals surface area contributed by atoms with Crippen LogP contribution in [0.2, 0.25) is 0 Å². The number of carbonyl (C=O) groups excluding carboxylic acids is 1. The van der Waals surface area contributed by atoms with E-state index < -0.39 is 0 Å². The number of aromatic nitrogens is 3. The molecule has 0 spiro atoms. The van der Waals surface area contributed by atoms with Gasteiger partial charge in [-0.15, -0.1) is 0 Å². The third-order valence-electron chi connectivity index (χ3n) is 5.05. The Kier molecular flexibility index (Phi) is 6.02. The molecule has 0 bridgehead atoms. The topological polar surface area (TPSA) is 77.0 Å². The van der Waals surface area contributed by atoms with E-state index >= 15 is 0 Å². The zero-order chi connectivity index (χ0) is 20.9. The number of carbonyl (C=O) groups is 1. The van der Waals surface area contributed by atoms with Gasteiger partial charge >= 0.3 is 5.97 Å². The maximum Gasteiger partial charge on any atom is 0.306 e. The Labute approximate surface area is 176 Å². The van der Waals surface area contributed by atoms with Gasteiger partial charge in [0, 0.05) is 41.7 Å². The predicted molar refractivity (Wildman–Crippen MR) is 117 cm³/mol. The first-order chi connectivity index (χ1) is 14.6. The van der Waals surface area contributed by atoms with Crippen LogP contribution in [0.5, 0.6) is 0 Å². The average Bonchev–Trinajstić information content (AvgIpc) is 3.58. The highest BCUT2D eigenvalue weighted by atomic mass is 16.5. The van der Waals surface area contributed by atoms with Crippen LogP contribution in [0.4, 0.5) is 11.6 Å². The zero-order valence-corrected chi connectivity index (χ0v) is 17.4. The minimum atomic E-state index is -0.175. The van der Waals surface area contributed by atoms with E-state index in [1.54, 1.807) is 6.20 Å². The van der Waals surface area contributed by atoms with Gasteiger partial charge in [-0.2, -0.15) is 0 Å². The van der Waals surface area contributed by atoms with E-state index in [-0.39, 0.29) is 5.97 Å². The fourth-order valence-electron chi connectivity index (χ4n) is 3.44. The summed E-state index contributed by atoms with van der Waals surface area (Å²) in [5.41, 5.74) is 6.09. The first-order valence-electron chi connectivity index (χ1n) is 10.4. The highest BCUT2D eigenvalue weighted by molar-refractivity contribution is 5.71. The summed E-state index contributed by atoms with van der Waals surface area (Å²) in [7, 11) is 0. The molecule has 4 rings (SSSR count). The molecule has 6 heteroatoms. The van der Waals surface area contributed by atoms with Gasteiger partial charge in [-0.3, -0.25) is 9.78 Å². The van der Waals surface area contributed by atoms with Gasteiger partial charge in [-0.25, -0.2) is 9.97 Å². The van der Waals surface area contributed by atoms with E-state index in [0.717, 1.165) is 33.8 Å². The van der Waals surface area contributed by atoms with Crippen molar-refractivity contribution in [2.24, 2.45) is 0 Å². The molecule has 0 saturated heterocycles. The molecule has 1 saturated carbocycles. The van der Waals surface area contributed by atoms with Crippen molar-refractivity contribution in [3.63, 3.8) is 0 Å². The number of anilines is 2. The highest BCUT2D eigenvalue weighted by Crippen LogP contribution is 2.39. The Morgan fingerprint density at radius 1 is 1.13 bits per heavy atom. The van der Waals surface area contributed by atoms with Crippen molar-refractivity contribution in [2.45, 2.75) is 45.4 Å². The van der Waals surface area contributed by atoms with Crippen LogP contribution in [0, 0.1) is 6.92 Å². The van der Waals surface area contributed by atoms with Crippen LogP contribution in [0.15, 0.2) is 48.8 Å². The van der Waals surface area contributed by atoms with Crippen molar-refractivity contribution in [1.82, 2.24) is 15.0 Å². The molecule has 0 amide bonds. The lowest BCUT2D eigenvalue weighted by atomic mass is 10.0. The quantitative estimate of drug-likeness (QED) is 0.537. The Bertz CT molecular complexity index is 1050. The maximum atomic E-state index is 11.6. The van der Waals surface area contributed by atoms with Gasteiger partial charge < -0.3 is 10.1 Å². The summed E-state index contributed by atoms with van der Waals surface area (Å²) in [6.07, 6.45) is 7.02. The number of esters is 1. The molecule has 154 valence electrons. The number of benzene rings is 1. The third kappa shape index (κ3) is 5.20. The van der Waals surface area contributed by atoms with Gasteiger partial charge in [-0.05, 0) is 80.6 Å². The van der Waals surface area contributed by atoms with Crippen LogP contribution in [0.1, 0.15) is 48.9 Å². The summed E-state index contributed by atoms with van der Waals surface area (Å²) in [5.74, 6) is 1.03. The number of hydrogen-bond acceptors (Lipinski definition) is 6. The van der Waals surface area contributed by atoms with Crippen molar-refractivity contribution < 1.29 is 9.53 Å². The van der Waals surface area contributed by atoms with Gasteiger partial charge in [0.25, 0.3) is 0 Å². The first-order valence-corrected chi connectivity index (χ1v) is 10.4. The summed E-state index contributed by atoms with van der Waals surface area (Å²) in [6, 6.07) is 12.2. The zero-order valence-electron chi connectivity index (χ0n) is 17.4. The lowest BCUT2D eigenvalue weighted by Gasteiger charge is -2.11. The molecule has 1 fully saturated rings. The van der Waals surface area contributed by atoms with Crippen LogP contribution in [0.3, 0.4) is 0 Å². The molecule has 1 aliphatic carbocycles. The lowest BCUT2D eigenvalue weighted by Crippen LogP contribution is -2.05. The van der Waals surface area contributed by atoms with Gasteiger partial charge in [-0.1, -0.05) is 0 Å². The molecule has 1 aromatic carbocycles. The van der Waals surface area contributed by atoms with E-state index in [2.05, 4.69) is 45.4 Å². The molecule has 30 heavy (non-hydrogen) atoms. The molecule has 3 aromatic rings. The summed E-state index contributed by atoms with van der Waals surface area (Å²) in [5, 5.41) is 3.34. The number of aryl methyl sites for hydroxylation is 2. The Morgan fingerprint density at radius 3 is 2.77 bits per heavy atom. The monoisotopic (exact) mass is 402 g/mol. The maximum absolute atomic E-state index is 11.6. The smallest absolute Gasteiger partial charge is 0.306 e. The number of pyridine rings is 1. The van der Waals surface area contributed by atoms with Crippen molar-refractivity contribution in [3.05, 3.63) is 65.6 Å². The standard InChI is InChI=1S/C24H26N4O2/c1-3-30-23(29)7-4-17-8-10-25-22(14-17)19-12-16(2)13-20(15-19)27-24-26-11-9-21(28-24)18-5-6-18/h8-15,18H,3-7H2,1-2H3,(H,26,27,28). The van der Waals surface area contributed by atoms with E-state index in [9.17, 15) is 4.79 Å². The first kappa shape index (κ1) is 20.0. The van der Waals surface area contributed by atoms with Gasteiger partial charge in [0.15, 0.2) is 0 Å². The van der Waals surface area contributed by atoms with Crippen LogP contribution < -0.4 is 5.32 Å². The summed E-state index contributed by atoms with van der Waals surface area (Å²) in [4.78, 5) is 25.2. The number of ether oxygens (including phenoxy) is 1. The Morgan fingerprint density at radius 2 is 1.97 bits per heavy atom. The molecule has 0 atom stereocenters. The van der Waals surface area contributed by atoms with Gasteiger partial charge in [0.2, 0.25) is 5.95 Å². The third-order valence-corrected chi connectivity index (χ3v) is 5.05. The minimum absolute atomic E-state index is 0.175. The molecular weight excluding hydrogens is 376 g/mol. The van der Waals surface area contributed by atoms with E-state index in [0.29, 0.717) is 31.3 Å². The SMILES string of the molecule is CCOC(=O)CCc1ccnc(-c2cc(C)cc(Nc3nccc(C4CC4)n3)c2)c1. The summed E-state index contributed by atoms with van der Waals surface area (Å²) in [6.45, 7) is 4.28. The number of nitrogens with zero attached hydrogens (tertiary/aromatic N) is 3. The molecule has 0 unspecified atom stereocenters. The summed E-state index contributed by atoms with van der Waals surface area (Å²) >= 11 is 0. The van der Waals surface area contributed by atoms with E-state index in [1.807, 2.05) is 31.3 Å². The fourth-order valence-corrected chi connectivity index (χ4v) is 3.44. The van der Waals surface area contributed by atoms with Crippen molar-refractivity contribution >= 4 is 17.6 Å². The van der Waals surface area contributed by atoms with Crippen LogP contribution in [-0.2, 0) is 16.0 Å². The molecule has 2 heterocycles. The number of hydrogen-bond donors (Lipinski definition) is 1. The molecule has 0 aliphatic heterocycles. The molecule has 6 nitrogen and oxygen atoms in total. The summed E-state index contributed by atoms with van der Waals surface area (Å²) < 4.78 is 5.02. The lowest BCUT2D eigenvalue weighted by molar-refractivity contribution is -0.143. The highest BCUT2D eigenvalue weighted by Gasteiger charge is 2.25. The van der Waals surface area contributed by atoms with Crippen molar-refractivity contribution in [3.8, 4) is 11.3 Å². The molecule has 0 radical (unpaired) electrons. The Hall–Kier alpha value is -3.28. The normalized spacial score (nSPS) is 13.1. The van der Waals surface area contributed by atoms with Crippen LogP contribution >= 0.6 is 0 Å². The molecule has 1 N–H and O–H groups in total. The van der Waals surface area contributed by atoms with Gasteiger partial charge in [0.1, 0.15) is 0 Å². The van der Waals surface area contributed by atoms with Crippen LogP contribution in [0.25, 0.3) is 11.3 Å². The second-order valence-corrected chi connectivity index (χ2v) is 7.65. The average molecular weight is 402 g/mol. The number of nitrogens with one attached hydrogen (secondary N) is 1. The largest absolute Gasteiger partial charge is 0.466 e. The fraction of sp³-hybridized carbons (Fsp3) is 0.333. The Balaban J connectivity index is 1.52. The number of rotatable bonds is 8. The van der Waals surface area contributed by atoms with E-state index in [1.165, 1.54) is 12.8 Å². The van der Waals surface area contributed by atoms with Crippen molar-refractivity contribution in [2.75, 3.05) is 11.9 Å². The second-order valence-electron chi connectivity index (χ2n) is 7.65. The van der Waals surface area contributed by atoms with Crippen molar-refractivity contribution in [1.29, 1.82) is 0 Å².